The maximum absolute atomic E-state index is 13.2. The number of rotatable bonds is 10. The minimum Gasteiger partial charge on any atom is -0.379 e. The van der Waals surface area contributed by atoms with Gasteiger partial charge in [-0.15, -0.1) is 49.6 Å². The second kappa shape index (κ2) is 15.7. The van der Waals surface area contributed by atoms with Gasteiger partial charge in [0.15, 0.2) is 0 Å². The van der Waals surface area contributed by atoms with Crippen molar-refractivity contribution in [2.75, 3.05) is 44.3 Å². The summed E-state index contributed by atoms with van der Waals surface area (Å²) in [5.74, 6) is 0.0939. The lowest BCUT2D eigenvalue weighted by atomic mass is 9.99. The van der Waals surface area contributed by atoms with Crippen molar-refractivity contribution >= 4 is 72.0 Å². The number of carbonyl (C=O) groups is 1. The third kappa shape index (κ3) is 7.51. The molecule has 1 fully saturated rings. The van der Waals surface area contributed by atoms with Crippen molar-refractivity contribution < 1.29 is 9.53 Å². The molecule has 1 amide bonds. The van der Waals surface area contributed by atoms with Gasteiger partial charge in [0.1, 0.15) is 0 Å². The number of nitrogens with one attached hydrogen (secondary N) is 1. The molecule has 3 heterocycles. The predicted molar refractivity (Wildman–Crippen MR) is 161 cm³/mol. The molecule has 5 rings (SSSR count). The maximum Gasteiger partial charge on any atom is 0.258 e. The number of unbranched alkanes of at least 4 members (excludes halogenated alkanes) is 1. The van der Waals surface area contributed by atoms with Crippen molar-refractivity contribution in [3.63, 3.8) is 0 Å². The Bertz CT molecular complexity index is 1110. The van der Waals surface area contributed by atoms with Crippen LogP contribution in [-0.2, 0) is 4.74 Å². The summed E-state index contributed by atoms with van der Waals surface area (Å²) in [6.45, 7) is 5.66. The first kappa shape index (κ1) is 33.4. The zero-order valence-electron chi connectivity index (χ0n) is 20.8. The van der Waals surface area contributed by atoms with Crippen LogP contribution in [0.5, 0.6) is 0 Å². The van der Waals surface area contributed by atoms with Crippen molar-refractivity contribution in [1.82, 2.24) is 15.1 Å². The molecule has 2 aliphatic heterocycles. The van der Waals surface area contributed by atoms with Gasteiger partial charge >= 0.3 is 0 Å². The van der Waals surface area contributed by atoms with Gasteiger partial charge in [-0.25, -0.2) is 0 Å². The Hall–Kier alpha value is -1.58. The summed E-state index contributed by atoms with van der Waals surface area (Å²) in [6.07, 6.45) is 6.99. The number of halogens is 4. The minimum atomic E-state index is 0. The van der Waals surface area contributed by atoms with Crippen molar-refractivity contribution in [3.05, 3.63) is 48.2 Å². The third-order valence-corrected chi connectivity index (χ3v) is 6.94. The van der Waals surface area contributed by atoms with Gasteiger partial charge in [0, 0.05) is 48.4 Å². The Labute approximate surface area is 243 Å². The minimum absolute atomic E-state index is 0. The van der Waals surface area contributed by atoms with Crippen LogP contribution in [0.3, 0.4) is 0 Å². The molecule has 0 bridgehead atoms. The number of anilines is 1. The first-order chi connectivity index (χ1) is 16.2. The summed E-state index contributed by atoms with van der Waals surface area (Å²) in [5, 5.41) is 9.25. The van der Waals surface area contributed by atoms with Crippen molar-refractivity contribution in [3.8, 4) is 11.3 Å². The molecule has 3 N–H and O–H groups in total. The molecule has 37 heavy (non-hydrogen) atoms. The molecule has 2 aliphatic rings. The Balaban J connectivity index is 0.00000171. The third-order valence-electron chi connectivity index (χ3n) is 6.94. The van der Waals surface area contributed by atoms with E-state index < -0.39 is 0 Å². The Morgan fingerprint density at radius 1 is 0.919 bits per heavy atom. The molecule has 11 heteroatoms. The average molecular weight is 593 g/mol. The van der Waals surface area contributed by atoms with Crippen LogP contribution in [0.4, 0.5) is 5.69 Å². The number of H-pyrrole nitrogens is 1. The van der Waals surface area contributed by atoms with E-state index in [1.165, 1.54) is 6.42 Å². The van der Waals surface area contributed by atoms with Crippen molar-refractivity contribution in [1.29, 1.82) is 0 Å². The van der Waals surface area contributed by atoms with Gasteiger partial charge < -0.3 is 15.4 Å². The molecule has 206 valence electrons. The SMILES string of the molecule is Cl.Cl.Cl.Cl.NC(CCCCN1CCOCC1)CCCN1C(=O)c2cccc3c(-c4ccn[nH]4)ccc1c23. The molecular formula is C26H37Cl4N5O2. The number of hydrogen-bond donors (Lipinski definition) is 2. The van der Waals surface area contributed by atoms with Gasteiger partial charge in [-0.3, -0.25) is 14.8 Å². The molecule has 7 nitrogen and oxygen atoms in total. The van der Waals surface area contributed by atoms with Gasteiger partial charge in [0.05, 0.1) is 24.6 Å². The molecule has 0 saturated carbocycles. The van der Waals surface area contributed by atoms with Gasteiger partial charge in [0.25, 0.3) is 5.91 Å². The van der Waals surface area contributed by atoms with E-state index in [0.29, 0.717) is 6.54 Å². The fourth-order valence-corrected chi connectivity index (χ4v) is 5.13. The van der Waals surface area contributed by atoms with Crippen LogP contribution in [0.1, 0.15) is 42.5 Å². The number of aromatic amines is 1. The van der Waals surface area contributed by atoms with E-state index in [4.69, 9.17) is 10.5 Å². The smallest absolute Gasteiger partial charge is 0.258 e. The predicted octanol–water partition coefficient (Wildman–Crippen LogP) is 5.49. The number of morpholine rings is 1. The number of ether oxygens (including phenoxy) is 1. The lowest BCUT2D eigenvalue weighted by Gasteiger charge is -2.26. The molecule has 2 aromatic carbocycles. The van der Waals surface area contributed by atoms with E-state index in [-0.39, 0.29) is 61.6 Å². The van der Waals surface area contributed by atoms with E-state index in [2.05, 4.69) is 33.3 Å². The monoisotopic (exact) mass is 591 g/mol. The molecular weight excluding hydrogens is 556 g/mol. The van der Waals surface area contributed by atoms with E-state index in [1.54, 1.807) is 6.20 Å². The molecule has 1 unspecified atom stereocenters. The van der Waals surface area contributed by atoms with Gasteiger partial charge in [-0.1, -0.05) is 24.6 Å². The molecule has 1 atom stereocenters. The normalized spacial score (nSPS) is 15.4. The van der Waals surface area contributed by atoms with Crippen molar-refractivity contribution in [2.45, 2.75) is 38.1 Å². The molecule has 1 aromatic heterocycles. The van der Waals surface area contributed by atoms with Crippen LogP contribution in [-0.4, -0.2) is 66.4 Å². The standard InChI is InChI=1S/C26H33N5O2.4ClH/c27-19(5-1-2-13-30-15-17-33-18-16-30)6-4-14-31-24-10-9-20(23-11-12-28-29-23)21-7-3-8-22(25(21)24)26(31)32;;;;/h3,7-12,19H,1-2,4-6,13-18,27H2,(H,28,29);4*1H. The van der Waals surface area contributed by atoms with Crippen LogP contribution in [0, 0.1) is 0 Å². The first-order valence-electron chi connectivity index (χ1n) is 12.2. The number of hydrogen-bond acceptors (Lipinski definition) is 5. The first-order valence-corrected chi connectivity index (χ1v) is 12.2. The molecule has 3 aromatic rings. The van der Waals surface area contributed by atoms with Crippen molar-refractivity contribution in [2.24, 2.45) is 5.73 Å². The summed E-state index contributed by atoms with van der Waals surface area (Å²) in [6, 6.07) is 12.3. The summed E-state index contributed by atoms with van der Waals surface area (Å²) in [7, 11) is 0. The zero-order valence-corrected chi connectivity index (χ0v) is 24.0. The highest BCUT2D eigenvalue weighted by Gasteiger charge is 2.30. The van der Waals surface area contributed by atoms with E-state index >= 15 is 0 Å². The zero-order chi connectivity index (χ0) is 22.6. The number of nitrogens with two attached hydrogens (primary N) is 1. The lowest BCUT2D eigenvalue weighted by molar-refractivity contribution is 0.0371. The highest BCUT2D eigenvalue weighted by molar-refractivity contribution is 6.26. The molecule has 0 aliphatic carbocycles. The summed E-state index contributed by atoms with van der Waals surface area (Å²) in [4.78, 5) is 17.6. The van der Waals surface area contributed by atoms with Crippen LogP contribution in [0.25, 0.3) is 22.0 Å². The Kier molecular flexibility index (Phi) is 14.2. The Morgan fingerprint density at radius 3 is 2.41 bits per heavy atom. The Morgan fingerprint density at radius 2 is 1.68 bits per heavy atom. The van der Waals surface area contributed by atoms with Crippen LogP contribution >= 0.6 is 49.6 Å². The molecule has 1 saturated heterocycles. The van der Waals surface area contributed by atoms with Gasteiger partial charge in [0.2, 0.25) is 0 Å². The second-order valence-corrected chi connectivity index (χ2v) is 9.14. The summed E-state index contributed by atoms with van der Waals surface area (Å²) < 4.78 is 5.41. The summed E-state index contributed by atoms with van der Waals surface area (Å²) in [5.41, 5.74) is 10.2. The second-order valence-electron chi connectivity index (χ2n) is 9.14. The van der Waals surface area contributed by atoms with E-state index in [9.17, 15) is 4.79 Å². The molecule has 0 radical (unpaired) electrons. The topological polar surface area (TPSA) is 87.5 Å². The fourth-order valence-electron chi connectivity index (χ4n) is 5.13. The van der Waals surface area contributed by atoms with Gasteiger partial charge in [-0.2, -0.15) is 5.10 Å². The van der Waals surface area contributed by atoms with E-state index in [0.717, 1.165) is 91.8 Å². The number of benzene rings is 2. The lowest BCUT2D eigenvalue weighted by Crippen LogP contribution is -2.36. The number of carbonyl (C=O) groups excluding carboxylic acids is 1. The number of aromatic nitrogens is 2. The van der Waals surface area contributed by atoms with E-state index in [1.807, 2.05) is 23.1 Å². The quantitative estimate of drug-likeness (QED) is 0.304. The number of nitrogens with zero attached hydrogens (tertiary/aromatic N) is 3. The molecule has 0 spiro atoms. The van der Waals surface area contributed by atoms with Crippen LogP contribution in [0.2, 0.25) is 0 Å². The van der Waals surface area contributed by atoms with Gasteiger partial charge in [-0.05, 0) is 55.8 Å². The fraction of sp³-hybridized carbons (Fsp3) is 0.462. The highest BCUT2D eigenvalue weighted by Crippen LogP contribution is 2.41. The number of amides is 1. The largest absolute Gasteiger partial charge is 0.379 e. The summed E-state index contributed by atoms with van der Waals surface area (Å²) >= 11 is 0. The average Bonchev–Trinajstić information content (AvgIpc) is 3.47. The van der Waals surface area contributed by atoms with Crippen LogP contribution < -0.4 is 10.6 Å². The highest BCUT2D eigenvalue weighted by atomic mass is 35.5. The maximum atomic E-state index is 13.2. The van der Waals surface area contributed by atoms with Crippen LogP contribution in [0.15, 0.2) is 42.6 Å².